The lowest BCUT2D eigenvalue weighted by molar-refractivity contribution is -0.0382. The Bertz CT molecular complexity index is 193. The van der Waals surface area contributed by atoms with Gasteiger partial charge in [0.2, 0.25) is 0 Å². The van der Waals surface area contributed by atoms with Gasteiger partial charge in [-0.3, -0.25) is 4.90 Å². The third kappa shape index (κ3) is 1.65. The van der Waals surface area contributed by atoms with Crippen LogP contribution >= 0.6 is 0 Å². The van der Waals surface area contributed by atoms with Gasteiger partial charge in [-0.05, 0) is 31.1 Å². The average Bonchev–Trinajstić information content (AvgIpc) is 2.47. The Balaban J connectivity index is 2.10. The predicted molar refractivity (Wildman–Crippen MR) is 53.4 cm³/mol. The average molecular weight is 181 g/mol. The first-order valence-electron chi connectivity index (χ1n) is 5.24. The van der Waals surface area contributed by atoms with Crippen molar-refractivity contribution in [2.45, 2.75) is 25.5 Å². The predicted octanol–water partition coefficient (Wildman–Crippen LogP) is 1.88. The third-order valence-electron chi connectivity index (χ3n) is 3.60. The summed E-state index contributed by atoms with van der Waals surface area (Å²) < 4.78 is 5.49. The summed E-state index contributed by atoms with van der Waals surface area (Å²) in [5.41, 5.74) is 0. The molecule has 3 aliphatic rings. The van der Waals surface area contributed by atoms with Gasteiger partial charge >= 0.3 is 0 Å². The van der Waals surface area contributed by atoms with Crippen LogP contribution in [-0.4, -0.2) is 31.3 Å². The Labute approximate surface area is 80.6 Å². The SMILES string of the molecule is C=C[C@H]1CN2CC[C@H]1CC[C@H]2OC. The summed E-state index contributed by atoms with van der Waals surface area (Å²) in [6, 6.07) is 0. The summed E-state index contributed by atoms with van der Waals surface area (Å²) in [7, 11) is 1.83. The lowest BCUT2D eigenvalue weighted by atomic mass is 9.85. The van der Waals surface area contributed by atoms with E-state index in [9.17, 15) is 0 Å². The molecule has 0 saturated carbocycles. The Morgan fingerprint density at radius 2 is 2.23 bits per heavy atom. The zero-order valence-electron chi connectivity index (χ0n) is 8.41. The molecular formula is C11H19NO. The standard InChI is InChI=1S/C11H19NO/c1-3-9-8-12-7-6-10(9)4-5-11(12)13-2/h3,9-11H,1,4-8H2,2H3/t9-,10+,11+/m0/s1. The van der Waals surface area contributed by atoms with Gasteiger partial charge in [0.05, 0.1) is 0 Å². The van der Waals surface area contributed by atoms with Crippen LogP contribution in [0.2, 0.25) is 0 Å². The molecule has 2 nitrogen and oxygen atoms in total. The first-order valence-corrected chi connectivity index (χ1v) is 5.24. The molecule has 3 heterocycles. The van der Waals surface area contributed by atoms with Crippen LogP contribution in [-0.2, 0) is 4.74 Å². The van der Waals surface area contributed by atoms with E-state index in [1.807, 2.05) is 7.11 Å². The number of nitrogens with zero attached hydrogens (tertiary/aromatic N) is 1. The molecule has 3 rings (SSSR count). The molecule has 0 aromatic rings. The van der Waals surface area contributed by atoms with Crippen LogP contribution < -0.4 is 0 Å². The highest BCUT2D eigenvalue weighted by Crippen LogP contribution is 2.34. The highest BCUT2D eigenvalue weighted by atomic mass is 16.5. The van der Waals surface area contributed by atoms with E-state index in [1.54, 1.807) is 0 Å². The minimum Gasteiger partial charge on any atom is -0.366 e. The molecule has 2 heteroatoms. The van der Waals surface area contributed by atoms with Gasteiger partial charge in [0.25, 0.3) is 0 Å². The minimum absolute atomic E-state index is 0.370. The molecule has 74 valence electrons. The Morgan fingerprint density at radius 3 is 2.92 bits per heavy atom. The van der Waals surface area contributed by atoms with Gasteiger partial charge in [-0.25, -0.2) is 0 Å². The Hall–Kier alpha value is -0.340. The van der Waals surface area contributed by atoms with Gasteiger partial charge < -0.3 is 4.74 Å². The third-order valence-corrected chi connectivity index (χ3v) is 3.60. The molecule has 13 heavy (non-hydrogen) atoms. The molecule has 3 aliphatic heterocycles. The maximum Gasteiger partial charge on any atom is 0.110 e. The normalized spacial score (nSPS) is 44.4. The van der Waals surface area contributed by atoms with Crippen molar-refractivity contribution in [1.29, 1.82) is 0 Å². The molecule has 1 unspecified atom stereocenters. The van der Waals surface area contributed by atoms with E-state index >= 15 is 0 Å². The van der Waals surface area contributed by atoms with E-state index in [0.717, 1.165) is 12.5 Å². The van der Waals surface area contributed by atoms with Crippen molar-refractivity contribution < 1.29 is 4.74 Å². The number of hydrogen-bond donors (Lipinski definition) is 0. The van der Waals surface area contributed by atoms with Crippen LogP contribution in [0.15, 0.2) is 12.7 Å². The molecule has 0 spiro atoms. The van der Waals surface area contributed by atoms with Crippen molar-refractivity contribution in [2.24, 2.45) is 11.8 Å². The van der Waals surface area contributed by atoms with Gasteiger partial charge in [0.1, 0.15) is 6.23 Å². The second kappa shape index (κ2) is 3.81. The lowest BCUT2D eigenvalue weighted by Gasteiger charge is -2.35. The molecule has 3 fully saturated rings. The number of ether oxygens (including phenoxy) is 1. The molecule has 0 aromatic carbocycles. The number of hydrogen-bond acceptors (Lipinski definition) is 2. The van der Waals surface area contributed by atoms with Crippen LogP contribution in [0.25, 0.3) is 0 Å². The topological polar surface area (TPSA) is 12.5 Å². The molecular weight excluding hydrogens is 162 g/mol. The van der Waals surface area contributed by atoms with E-state index in [-0.39, 0.29) is 0 Å². The fourth-order valence-electron chi connectivity index (χ4n) is 2.75. The molecule has 0 amide bonds. The van der Waals surface area contributed by atoms with Crippen molar-refractivity contribution in [2.75, 3.05) is 20.2 Å². The molecule has 4 atom stereocenters. The minimum atomic E-state index is 0.370. The molecule has 0 N–H and O–H groups in total. The quantitative estimate of drug-likeness (QED) is 0.603. The van der Waals surface area contributed by atoms with Gasteiger partial charge in [-0.2, -0.15) is 0 Å². The zero-order chi connectivity index (χ0) is 9.26. The van der Waals surface area contributed by atoms with E-state index in [1.165, 1.54) is 25.8 Å². The van der Waals surface area contributed by atoms with E-state index < -0.39 is 0 Å². The fourth-order valence-corrected chi connectivity index (χ4v) is 2.75. The van der Waals surface area contributed by atoms with Crippen molar-refractivity contribution in [3.05, 3.63) is 12.7 Å². The summed E-state index contributed by atoms with van der Waals surface area (Å²) in [4.78, 5) is 2.47. The smallest absolute Gasteiger partial charge is 0.110 e. The van der Waals surface area contributed by atoms with Gasteiger partial charge in [-0.15, -0.1) is 6.58 Å². The van der Waals surface area contributed by atoms with E-state index in [2.05, 4.69) is 17.6 Å². The molecule has 3 saturated heterocycles. The maximum atomic E-state index is 5.49. The molecule has 0 aromatic heterocycles. The van der Waals surface area contributed by atoms with Gasteiger partial charge in [0.15, 0.2) is 0 Å². The molecule has 0 radical (unpaired) electrons. The second-order valence-electron chi connectivity index (χ2n) is 4.21. The zero-order valence-corrected chi connectivity index (χ0v) is 8.41. The van der Waals surface area contributed by atoms with Crippen LogP contribution in [0.4, 0.5) is 0 Å². The largest absolute Gasteiger partial charge is 0.366 e. The Kier molecular flexibility index (Phi) is 2.70. The summed E-state index contributed by atoms with van der Waals surface area (Å²) >= 11 is 0. The van der Waals surface area contributed by atoms with Crippen LogP contribution in [0.1, 0.15) is 19.3 Å². The fraction of sp³-hybridized carbons (Fsp3) is 0.818. The highest BCUT2D eigenvalue weighted by molar-refractivity contribution is 4.94. The van der Waals surface area contributed by atoms with Crippen molar-refractivity contribution in [3.8, 4) is 0 Å². The van der Waals surface area contributed by atoms with E-state index in [0.29, 0.717) is 12.1 Å². The maximum absolute atomic E-state index is 5.49. The van der Waals surface area contributed by atoms with Crippen molar-refractivity contribution in [3.63, 3.8) is 0 Å². The highest BCUT2D eigenvalue weighted by Gasteiger charge is 2.34. The number of methoxy groups -OCH3 is 1. The van der Waals surface area contributed by atoms with Gasteiger partial charge in [-0.1, -0.05) is 6.08 Å². The molecule has 2 bridgehead atoms. The van der Waals surface area contributed by atoms with Crippen LogP contribution in [0, 0.1) is 11.8 Å². The number of piperidine rings is 1. The summed E-state index contributed by atoms with van der Waals surface area (Å²) in [5.74, 6) is 1.57. The summed E-state index contributed by atoms with van der Waals surface area (Å²) in [6.07, 6.45) is 6.35. The van der Waals surface area contributed by atoms with E-state index in [4.69, 9.17) is 4.74 Å². The van der Waals surface area contributed by atoms with Crippen LogP contribution in [0.5, 0.6) is 0 Å². The van der Waals surface area contributed by atoms with Gasteiger partial charge in [0, 0.05) is 20.2 Å². The number of fused-ring (bicyclic) bond motifs is 4. The first-order chi connectivity index (χ1) is 6.35. The summed E-state index contributed by atoms with van der Waals surface area (Å²) in [6.45, 7) is 6.30. The monoisotopic (exact) mass is 181 g/mol. The van der Waals surface area contributed by atoms with Crippen molar-refractivity contribution in [1.82, 2.24) is 4.90 Å². The van der Waals surface area contributed by atoms with Crippen LogP contribution in [0.3, 0.4) is 0 Å². The second-order valence-corrected chi connectivity index (χ2v) is 4.21. The summed E-state index contributed by atoms with van der Waals surface area (Å²) in [5, 5.41) is 0. The van der Waals surface area contributed by atoms with Crippen molar-refractivity contribution >= 4 is 0 Å². The first kappa shape index (κ1) is 9.22. The Morgan fingerprint density at radius 1 is 1.38 bits per heavy atom. The number of rotatable bonds is 2. The lowest BCUT2D eigenvalue weighted by Crippen LogP contribution is -2.42. The molecule has 0 aliphatic carbocycles.